The first-order valence-electron chi connectivity index (χ1n) is 7.70. The highest BCUT2D eigenvalue weighted by atomic mass is 19.4. The van der Waals surface area contributed by atoms with E-state index < -0.39 is 23.9 Å². The third-order valence-electron chi connectivity index (χ3n) is 4.01. The number of benzene rings is 2. The van der Waals surface area contributed by atoms with Crippen LogP contribution in [0.1, 0.15) is 11.1 Å². The van der Waals surface area contributed by atoms with Crippen LogP contribution in [0.3, 0.4) is 0 Å². The van der Waals surface area contributed by atoms with Gasteiger partial charge in [0.1, 0.15) is 18.0 Å². The average molecular weight is 337 g/mol. The van der Waals surface area contributed by atoms with Gasteiger partial charge >= 0.3 is 6.18 Å². The number of rotatable bonds is 4. The molecule has 2 atom stereocenters. The zero-order valence-electron chi connectivity index (χ0n) is 12.9. The molecule has 0 spiro atoms. The second-order valence-corrected chi connectivity index (χ2v) is 5.93. The number of aliphatic hydroxyl groups excluding tert-OH is 1. The molecule has 0 aliphatic carbocycles. The van der Waals surface area contributed by atoms with Crippen LogP contribution in [-0.2, 0) is 12.7 Å². The molecule has 1 aliphatic rings. The molecule has 1 heterocycles. The van der Waals surface area contributed by atoms with Gasteiger partial charge in [0.2, 0.25) is 0 Å². The van der Waals surface area contributed by atoms with E-state index in [2.05, 4.69) is 0 Å². The highest BCUT2D eigenvalue weighted by molar-refractivity contribution is 5.30. The Hall–Kier alpha value is -2.05. The van der Waals surface area contributed by atoms with Gasteiger partial charge in [0.15, 0.2) is 0 Å². The lowest BCUT2D eigenvalue weighted by atomic mass is 10.2. The molecule has 1 fully saturated rings. The molecule has 1 aliphatic heterocycles. The van der Waals surface area contributed by atoms with E-state index in [9.17, 15) is 18.3 Å². The number of aliphatic hydroxyl groups is 1. The fourth-order valence-corrected chi connectivity index (χ4v) is 2.84. The van der Waals surface area contributed by atoms with E-state index in [1.165, 1.54) is 12.1 Å². The molecule has 0 amide bonds. The molecule has 6 heteroatoms. The second kappa shape index (κ2) is 6.83. The number of hydrogen-bond donors (Lipinski definition) is 1. The number of ether oxygens (including phenoxy) is 1. The molecule has 2 unspecified atom stereocenters. The van der Waals surface area contributed by atoms with E-state index in [4.69, 9.17) is 4.74 Å². The van der Waals surface area contributed by atoms with Crippen molar-refractivity contribution < 1.29 is 23.0 Å². The molecule has 0 bridgehead atoms. The Bertz CT molecular complexity index is 675. The average Bonchev–Trinajstić information content (AvgIpc) is 2.87. The molecule has 24 heavy (non-hydrogen) atoms. The molecule has 1 N–H and O–H groups in total. The maximum Gasteiger partial charge on any atom is 0.416 e. The molecule has 2 aromatic rings. The number of alkyl halides is 3. The maximum atomic E-state index is 12.7. The number of hydrogen-bond acceptors (Lipinski definition) is 3. The van der Waals surface area contributed by atoms with Crippen LogP contribution in [0.4, 0.5) is 13.2 Å². The van der Waals surface area contributed by atoms with Crippen molar-refractivity contribution in [2.24, 2.45) is 0 Å². The number of likely N-dealkylation sites (tertiary alicyclic amines) is 1. The largest absolute Gasteiger partial charge is 0.486 e. The SMILES string of the molecule is OC1CN(Cc2ccccc2)CC1Oc1cccc(C(F)(F)F)c1. The fraction of sp³-hybridized carbons (Fsp3) is 0.333. The lowest BCUT2D eigenvalue weighted by Crippen LogP contribution is -2.30. The summed E-state index contributed by atoms with van der Waals surface area (Å²) in [5.74, 6) is 0.121. The number of nitrogens with zero attached hydrogens (tertiary/aromatic N) is 1. The van der Waals surface area contributed by atoms with Crippen LogP contribution in [-0.4, -0.2) is 35.3 Å². The zero-order chi connectivity index (χ0) is 17.2. The first kappa shape index (κ1) is 16.8. The van der Waals surface area contributed by atoms with Gasteiger partial charge in [-0.1, -0.05) is 36.4 Å². The van der Waals surface area contributed by atoms with Crippen molar-refractivity contribution in [3.8, 4) is 5.75 Å². The Morgan fingerprint density at radius 1 is 1.04 bits per heavy atom. The van der Waals surface area contributed by atoms with E-state index in [1.807, 2.05) is 35.2 Å². The topological polar surface area (TPSA) is 32.7 Å². The molecule has 0 saturated carbocycles. The van der Waals surface area contributed by atoms with Crippen molar-refractivity contribution in [2.75, 3.05) is 13.1 Å². The van der Waals surface area contributed by atoms with Gasteiger partial charge in [-0.3, -0.25) is 4.90 Å². The van der Waals surface area contributed by atoms with Gasteiger partial charge < -0.3 is 9.84 Å². The summed E-state index contributed by atoms with van der Waals surface area (Å²) in [6.45, 7) is 1.56. The Kier molecular flexibility index (Phi) is 4.78. The third-order valence-corrected chi connectivity index (χ3v) is 4.01. The molecule has 3 rings (SSSR count). The van der Waals surface area contributed by atoms with Crippen LogP contribution < -0.4 is 4.74 Å². The minimum Gasteiger partial charge on any atom is -0.486 e. The van der Waals surface area contributed by atoms with Crippen molar-refractivity contribution in [3.63, 3.8) is 0 Å². The molecule has 0 aromatic heterocycles. The second-order valence-electron chi connectivity index (χ2n) is 5.93. The van der Waals surface area contributed by atoms with Crippen molar-refractivity contribution in [1.29, 1.82) is 0 Å². The van der Waals surface area contributed by atoms with Crippen molar-refractivity contribution in [3.05, 3.63) is 65.7 Å². The zero-order valence-corrected chi connectivity index (χ0v) is 12.9. The van der Waals surface area contributed by atoms with Gasteiger partial charge in [-0.25, -0.2) is 0 Å². The van der Waals surface area contributed by atoms with Crippen LogP contribution in [0.15, 0.2) is 54.6 Å². The predicted octanol–water partition coefficient (Wildman–Crippen LogP) is 3.33. The van der Waals surface area contributed by atoms with Crippen LogP contribution in [0.5, 0.6) is 5.75 Å². The molecule has 1 saturated heterocycles. The van der Waals surface area contributed by atoms with Gasteiger partial charge in [-0.2, -0.15) is 13.2 Å². The molecule has 128 valence electrons. The fourth-order valence-electron chi connectivity index (χ4n) is 2.84. The lowest BCUT2D eigenvalue weighted by Gasteiger charge is -2.18. The lowest BCUT2D eigenvalue weighted by molar-refractivity contribution is -0.137. The molecule has 2 aromatic carbocycles. The monoisotopic (exact) mass is 337 g/mol. The van der Waals surface area contributed by atoms with Crippen molar-refractivity contribution >= 4 is 0 Å². The molecule has 3 nitrogen and oxygen atoms in total. The third kappa shape index (κ3) is 4.07. The predicted molar refractivity (Wildman–Crippen MR) is 83.6 cm³/mol. The van der Waals surface area contributed by atoms with E-state index in [1.54, 1.807) is 0 Å². The minimum absolute atomic E-state index is 0.121. The van der Waals surface area contributed by atoms with E-state index in [0.29, 0.717) is 19.6 Å². The summed E-state index contributed by atoms with van der Waals surface area (Å²) in [7, 11) is 0. The van der Waals surface area contributed by atoms with Crippen LogP contribution in [0.25, 0.3) is 0 Å². The summed E-state index contributed by atoms with van der Waals surface area (Å²) in [5, 5.41) is 10.1. The number of β-amino-alcohol motifs (C(OH)–C–C–N with tert-alkyl or cyclic N) is 1. The smallest absolute Gasteiger partial charge is 0.416 e. The Balaban J connectivity index is 1.64. The molecular formula is C18H18F3NO2. The maximum absolute atomic E-state index is 12.7. The minimum atomic E-state index is -4.41. The molecular weight excluding hydrogens is 319 g/mol. The molecule has 0 radical (unpaired) electrons. The highest BCUT2D eigenvalue weighted by Gasteiger charge is 2.34. The van der Waals surface area contributed by atoms with Crippen LogP contribution in [0, 0.1) is 0 Å². The van der Waals surface area contributed by atoms with Gasteiger partial charge in [0.05, 0.1) is 5.56 Å². The summed E-state index contributed by atoms with van der Waals surface area (Å²) in [6.07, 6.45) is -5.69. The van der Waals surface area contributed by atoms with Gasteiger partial charge in [-0.15, -0.1) is 0 Å². The van der Waals surface area contributed by atoms with Crippen molar-refractivity contribution in [1.82, 2.24) is 4.90 Å². The standard InChI is InChI=1S/C18H18F3NO2/c19-18(20,21)14-7-4-8-15(9-14)24-17-12-22(11-16(17)23)10-13-5-2-1-3-6-13/h1-9,16-17,23H,10-12H2. The first-order chi connectivity index (χ1) is 11.4. The summed E-state index contributed by atoms with van der Waals surface area (Å²) in [4.78, 5) is 2.03. The summed E-state index contributed by atoms with van der Waals surface area (Å²) >= 11 is 0. The first-order valence-corrected chi connectivity index (χ1v) is 7.70. The van der Waals surface area contributed by atoms with E-state index in [-0.39, 0.29) is 5.75 Å². The van der Waals surface area contributed by atoms with E-state index in [0.717, 1.165) is 17.7 Å². The Morgan fingerprint density at radius 3 is 2.50 bits per heavy atom. The Labute approximate surface area is 138 Å². The quantitative estimate of drug-likeness (QED) is 0.929. The number of halogens is 3. The van der Waals surface area contributed by atoms with Crippen molar-refractivity contribution in [2.45, 2.75) is 24.9 Å². The van der Waals surface area contributed by atoms with Gasteiger partial charge in [0.25, 0.3) is 0 Å². The summed E-state index contributed by atoms with van der Waals surface area (Å²) in [6, 6.07) is 14.6. The summed E-state index contributed by atoms with van der Waals surface area (Å²) in [5.41, 5.74) is 0.359. The van der Waals surface area contributed by atoms with Gasteiger partial charge in [0, 0.05) is 19.6 Å². The van der Waals surface area contributed by atoms with Gasteiger partial charge in [-0.05, 0) is 23.8 Å². The summed E-state index contributed by atoms with van der Waals surface area (Å²) < 4.78 is 43.8. The normalized spacial score (nSPS) is 21.8. The van der Waals surface area contributed by atoms with E-state index >= 15 is 0 Å². The van der Waals surface area contributed by atoms with Crippen LogP contribution >= 0.6 is 0 Å². The van der Waals surface area contributed by atoms with Crippen LogP contribution in [0.2, 0.25) is 0 Å². The Morgan fingerprint density at radius 2 is 1.79 bits per heavy atom. The highest BCUT2D eigenvalue weighted by Crippen LogP contribution is 2.32.